The smallest absolute Gasteiger partial charge is 0.371 e. The largest absolute Gasteiger partial charge is 0.460 e. The van der Waals surface area contributed by atoms with Crippen molar-refractivity contribution in [2.75, 3.05) is 6.61 Å². The predicted molar refractivity (Wildman–Crippen MR) is 59.6 cm³/mol. The molecule has 0 aliphatic carbocycles. The van der Waals surface area contributed by atoms with Gasteiger partial charge in [-0.25, -0.2) is 4.79 Å². The first kappa shape index (κ1) is 14.1. The fourth-order valence-electron chi connectivity index (χ4n) is 1.44. The van der Waals surface area contributed by atoms with E-state index in [1.54, 1.807) is 0 Å². The van der Waals surface area contributed by atoms with Crippen molar-refractivity contribution < 1.29 is 14.3 Å². The first-order valence-corrected chi connectivity index (χ1v) is 5.93. The first-order chi connectivity index (χ1) is 7.31. The van der Waals surface area contributed by atoms with E-state index < -0.39 is 5.97 Å². The highest BCUT2D eigenvalue weighted by atomic mass is 16.5. The molecule has 0 saturated heterocycles. The van der Waals surface area contributed by atoms with Gasteiger partial charge in [0.25, 0.3) is 0 Å². The molecular weight excluding hydrogens is 192 g/mol. The summed E-state index contributed by atoms with van der Waals surface area (Å²) >= 11 is 0. The van der Waals surface area contributed by atoms with Crippen LogP contribution in [0.4, 0.5) is 0 Å². The van der Waals surface area contributed by atoms with Crippen LogP contribution in [0.3, 0.4) is 0 Å². The second-order valence-corrected chi connectivity index (χ2v) is 3.76. The average molecular weight is 214 g/mol. The molecule has 88 valence electrons. The van der Waals surface area contributed by atoms with Crippen LogP contribution in [-0.2, 0) is 14.3 Å². The van der Waals surface area contributed by atoms with E-state index in [-0.39, 0.29) is 6.29 Å². The number of unbranched alkanes of at least 4 members (excludes halogenated alkanes) is 7. The third-order valence-corrected chi connectivity index (χ3v) is 2.34. The summed E-state index contributed by atoms with van der Waals surface area (Å²) in [6, 6.07) is 0. The van der Waals surface area contributed by atoms with Gasteiger partial charge < -0.3 is 4.74 Å². The summed E-state index contributed by atoms with van der Waals surface area (Å²) in [5.74, 6) is -0.752. The molecule has 0 saturated carbocycles. The maximum absolute atomic E-state index is 10.4. The lowest BCUT2D eigenvalue weighted by Crippen LogP contribution is -2.06. The molecule has 0 aromatic heterocycles. The average Bonchev–Trinajstić information content (AvgIpc) is 2.26. The maximum Gasteiger partial charge on any atom is 0.371 e. The van der Waals surface area contributed by atoms with Crippen molar-refractivity contribution in [3.8, 4) is 0 Å². The van der Waals surface area contributed by atoms with Crippen molar-refractivity contribution in [2.45, 2.75) is 58.3 Å². The molecule has 0 bridgehead atoms. The van der Waals surface area contributed by atoms with E-state index in [1.165, 1.54) is 38.5 Å². The molecule has 0 radical (unpaired) electrons. The Hall–Kier alpha value is -0.860. The number of hydrogen-bond acceptors (Lipinski definition) is 3. The summed E-state index contributed by atoms with van der Waals surface area (Å²) in [7, 11) is 0. The van der Waals surface area contributed by atoms with Crippen molar-refractivity contribution >= 4 is 12.3 Å². The summed E-state index contributed by atoms with van der Waals surface area (Å²) in [6.45, 7) is 2.59. The van der Waals surface area contributed by atoms with Crippen LogP contribution in [0.1, 0.15) is 58.3 Å². The third-order valence-electron chi connectivity index (χ3n) is 2.34. The number of esters is 1. The molecule has 0 rings (SSSR count). The Morgan fingerprint density at radius 3 is 2.07 bits per heavy atom. The van der Waals surface area contributed by atoms with Crippen LogP contribution in [0.2, 0.25) is 0 Å². The Labute approximate surface area is 92.2 Å². The Balaban J connectivity index is 2.98. The number of carbonyl (C=O) groups is 2. The van der Waals surface area contributed by atoms with Gasteiger partial charge in [0.2, 0.25) is 6.29 Å². The van der Waals surface area contributed by atoms with Crippen LogP contribution in [0.15, 0.2) is 0 Å². The van der Waals surface area contributed by atoms with Crippen LogP contribution in [-0.4, -0.2) is 18.9 Å². The fourth-order valence-corrected chi connectivity index (χ4v) is 1.44. The molecule has 0 unspecified atom stereocenters. The molecule has 0 N–H and O–H groups in total. The normalized spacial score (nSPS) is 9.93. The van der Waals surface area contributed by atoms with E-state index in [1.807, 2.05) is 0 Å². The minimum absolute atomic E-state index is 0.213. The number of hydrogen-bond donors (Lipinski definition) is 0. The van der Waals surface area contributed by atoms with Gasteiger partial charge in [0, 0.05) is 0 Å². The van der Waals surface area contributed by atoms with Crippen LogP contribution in [0.25, 0.3) is 0 Å². The molecule has 0 amide bonds. The quantitative estimate of drug-likeness (QED) is 0.243. The number of ether oxygens (including phenoxy) is 1. The number of carbonyl (C=O) groups excluding carboxylic acids is 2. The Kier molecular flexibility index (Phi) is 10.6. The Morgan fingerprint density at radius 2 is 1.53 bits per heavy atom. The summed E-state index contributed by atoms with van der Waals surface area (Å²) in [4.78, 5) is 20.3. The molecule has 0 heterocycles. The summed E-state index contributed by atoms with van der Waals surface area (Å²) in [5.41, 5.74) is 0. The first-order valence-electron chi connectivity index (χ1n) is 5.93. The zero-order chi connectivity index (χ0) is 11.4. The second kappa shape index (κ2) is 11.2. The van der Waals surface area contributed by atoms with Crippen molar-refractivity contribution in [1.82, 2.24) is 0 Å². The zero-order valence-corrected chi connectivity index (χ0v) is 9.67. The van der Waals surface area contributed by atoms with Gasteiger partial charge in [-0.05, 0) is 6.42 Å². The van der Waals surface area contributed by atoms with Crippen molar-refractivity contribution in [3.63, 3.8) is 0 Å². The van der Waals surface area contributed by atoms with Gasteiger partial charge in [-0.3, -0.25) is 4.79 Å². The topological polar surface area (TPSA) is 43.4 Å². The zero-order valence-electron chi connectivity index (χ0n) is 9.67. The molecular formula is C12H22O3. The highest BCUT2D eigenvalue weighted by Gasteiger charge is 1.97. The van der Waals surface area contributed by atoms with Crippen LogP contribution in [0, 0.1) is 0 Å². The lowest BCUT2D eigenvalue weighted by molar-refractivity contribution is -0.148. The lowest BCUT2D eigenvalue weighted by atomic mass is 10.1. The molecule has 15 heavy (non-hydrogen) atoms. The molecule has 0 atom stereocenters. The van der Waals surface area contributed by atoms with Gasteiger partial charge >= 0.3 is 5.97 Å². The van der Waals surface area contributed by atoms with Gasteiger partial charge in [0.05, 0.1) is 6.61 Å². The summed E-state index contributed by atoms with van der Waals surface area (Å²) < 4.78 is 4.63. The Morgan fingerprint density at radius 1 is 1.00 bits per heavy atom. The lowest BCUT2D eigenvalue weighted by Gasteiger charge is -2.01. The summed E-state index contributed by atoms with van der Waals surface area (Å²) in [5, 5.41) is 0. The molecule has 0 spiro atoms. The molecule has 0 aromatic rings. The second-order valence-electron chi connectivity index (χ2n) is 3.76. The molecule has 0 fully saturated rings. The van der Waals surface area contributed by atoms with Crippen molar-refractivity contribution in [3.05, 3.63) is 0 Å². The fraction of sp³-hybridized carbons (Fsp3) is 0.833. The number of aldehydes is 1. The van der Waals surface area contributed by atoms with Crippen LogP contribution in [0.5, 0.6) is 0 Å². The van der Waals surface area contributed by atoms with Gasteiger partial charge in [-0.15, -0.1) is 0 Å². The van der Waals surface area contributed by atoms with E-state index in [0.717, 1.165) is 12.8 Å². The van der Waals surface area contributed by atoms with E-state index in [2.05, 4.69) is 11.7 Å². The third kappa shape index (κ3) is 11.1. The van der Waals surface area contributed by atoms with Gasteiger partial charge in [-0.1, -0.05) is 51.9 Å². The van der Waals surface area contributed by atoms with Crippen molar-refractivity contribution in [1.29, 1.82) is 0 Å². The van der Waals surface area contributed by atoms with E-state index in [9.17, 15) is 9.59 Å². The van der Waals surface area contributed by atoms with Crippen LogP contribution < -0.4 is 0 Å². The predicted octanol–water partition coefficient (Wildman–Crippen LogP) is 2.87. The van der Waals surface area contributed by atoms with Crippen LogP contribution >= 0.6 is 0 Å². The molecule has 0 aliphatic rings. The van der Waals surface area contributed by atoms with Gasteiger partial charge in [0.1, 0.15) is 0 Å². The van der Waals surface area contributed by atoms with Gasteiger partial charge in [0.15, 0.2) is 0 Å². The standard InChI is InChI=1S/C12H22O3/c1-2-3-4-5-6-7-8-9-10-15-12(14)11-13/h11H,2-10H2,1H3. The maximum atomic E-state index is 10.4. The monoisotopic (exact) mass is 214 g/mol. The van der Waals surface area contributed by atoms with E-state index in [4.69, 9.17) is 0 Å². The Bertz CT molecular complexity index is 166. The molecule has 0 aromatic carbocycles. The highest BCUT2D eigenvalue weighted by Crippen LogP contribution is 2.08. The SMILES string of the molecule is CCCCCCCCCCOC(=O)C=O. The minimum atomic E-state index is -0.752. The minimum Gasteiger partial charge on any atom is -0.460 e. The molecule has 3 nitrogen and oxygen atoms in total. The molecule has 0 aliphatic heterocycles. The van der Waals surface area contributed by atoms with E-state index >= 15 is 0 Å². The summed E-state index contributed by atoms with van der Waals surface area (Å²) in [6.07, 6.45) is 9.87. The van der Waals surface area contributed by atoms with Crippen molar-refractivity contribution in [2.24, 2.45) is 0 Å². The molecule has 3 heteroatoms. The van der Waals surface area contributed by atoms with Gasteiger partial charge in [-0.2, -0.15) is 0 Å². The number of rotatable bonds is 10. The highest BCUT2D eigenvalue weighted by molar-refractivity contribution is 6.20. The van der Waals surface area contributed by atoms with E-state index in [0.29, 0.717) is 6.61 Å².